The summed E-state index contributed by atoms with van der Waals surface area (Å²) in [6.45, 7) is 8.91. The highest BCUT2D eigenvalue weighted by atomic mass is 32.1. The van der Waals surface area contributed by atoms with Crippen LogP contribution in [-0.2, 0) is 6.42 Å². The smallest absolute Gasteiger partial charge is 0.138 e. The molecule has 3 rings (SSSR count). The van der Waals surface area contributed by atoms with Crippen LogP contribution >= 0.6 is 11.3 Å². The second-order valence-electron chi connectivity index (χ2n) is 6.90. The van der Waals surface area contributed by atoms with E-state index in [0.717, 1.165) is 48.0 Å². The van der Waals surface area contributed by atoms with Crippen molar-refractivity contribution in [2.45, 2.75) is 33.1 Å². The third-order valence-electron chi connectivity index (χ3n) is 5.02. The lowest BCUT2D eigenvalue weighted by Gasteiger charge is -2.32. The average molecular weight is 364 g/mol. The number of hydrogen-bond donors (Lipinski definition) is 3. The Balaban J connectivity index is 1.77. The summed E-state index contributed by atoms with van der Waals surface area (Å²) in [7, 11) is 0. The van der Waals surface area contributed by atoms with E-state index in [1.807, 2.05) is 0 Å². The minimum absolute atomic E-state index is 0.239. The molecule has 0 amide bonds. The molecule has 0 aliphatic carbocycles. The van der Waals surface area contributed by atoms with Gasteiger partial charge in [0.15, 0.2) is 0 Å². The van der Waals surface area contributed by atoms with Gasteiger partial charge in [0, 0.05) is 30.9 Å². The van der Waals surface area contributed by atoms with E-state index in [2.05, 4.69) is 29.0 Å². The lowest BCUT2D eigenvalue weighted by atomic mass is 9.98. The molecule has 0 aromatic carbocycles. The van der Waals surface area contributed by atoms with Crippen LogP contribution in [0.1, 0.15) is 29.1 Å². The highest BCUT2D eigenvalue weighted by Gasteiger charge is 2.20. The van der Waals surface area contributed by atoms with Gasteiger partial charge in [-0.05, 0) is 51.3 Å². The van der Waals surface area contributed by atoms with Gasteiger partial charge in [-0.1, -0.05) is 0 Å². The van der Waals surface area contributed by atoms with Crippen molar-refractivity contribution < 1.29 is 5.11 Å². The van der Waals surface area contributed by atoms with E-state index in [1.54, 1.807) is 11.3 Å². The zero-order chi connectivity index (χ0) is 17.8. The summed E-state index contributed by atoms with van der Waals surface area (Å²) < 4.78 is 0. The second kappa shape index (κ2) is 8.40. The Morgan fingerprint density at radius 1 is 1.36 bits per heavy atom. The predicted molar refractivity (Wildman–Crippen MR) is 104 cm³/mol. The lowest BCUT2D eigenvalue weighted by Crippen LogP contribution is -2.39. The van der Waals surface area contributed by atoms with Crippen molar-refractivity contribution >= 4 is 27.4 Å². The molecule has 1 fully saturated rings. The molecule has 1 atom stereocenters. The SMILES string of the molecule is Cc1sc2nc(CCN)nc(NC[C@@H]3CCCN(CCO)C3)c2c1C. The van der Waals surface area contributed by atoms with Crippen LogP contribution in [0.2, 0.25) is 0 Å². The van der Waals surface area contributed by atoms with E-state index in [-0.39, 0.29) is 6.61 Å². The fourth-order valence-corrected chi connectivity index (χ4v) is 4.61. The number of aromatic nitrogens is 2. The summed E-state index contributed by atoms with van der Waals surface area (Å²) in [4.78, 5) is 14.2. The van der Waals surface area contributed by atoms with Crippen LogP contribution in [0, 0.1) is 19.8 Å². The fraction of sp³-hybridized carbons (Fsp3) is 0.667. The van der Waals surface area contributed by atoms with Crippen molar-refractivity contribution in [1.29, 1.82) is 0 Å². The van der Waals surface area contributed by atoms with E-state index in [4.69, 9.17) is 15.8 Å². The highest BCUT2D eigenvalue weighted by molar-refractivity contribution is 7.18. The minimum atomic E-state index is 0.239. The van der Waals surface area contributed by atoms with Crippen LogP contribution in [0.15, 0.2) is 0 Å². The number of nitrogens with two attached hydrogens (primary N) is 1. The zero-order valence-electron chi connectivity index (χ0n) is 15.2. The number of piperidine rings is 1. The Kier molecular flexibility index (Phi) is 6.22. The molecule has 138 valence electrons. The molecule has 0 bridgehead atoms. The molecular formula is C18H29N5OS. The number of anilines is 1. The van der Waals surface area contributed by atoms with Gasteiger partial charge in [-0.3, -0.25) is 0 Å². The van der Waals surface area contributed by atoms with Crippen molar-refractivity contribution in [3.8, 4) is 0 Å². The molecule has 2 aromatic heterocycles. The Hall–Kier alpha value is -1.28. The molecule has 2 aromatic rings. The molecule has 6 nitrogen and oxygen atoms in total. The maximum atomic E-state index is 9.16. The quantitative estimate of drug-likeness (QED) is 0.697. The van der Waals surface area contributed by atoms with E-state index in [0.29, 0.717) is 18.9 Å². The molecule has 7 heteroatoms. The summed E-state index contributed by atoms with van der Waals surface area (Å²) in [5.74, 6) is 2.36. The number of aryl methyl sites for hydroxylation is 2. The van der Waals surface area contributed by atoms with Gasteiger partial charge in [0.05, 0.1) is 12.0 Å². The van der Waals surface area contributed by atoms with Gasteiger partial charge < -0.3 is 21.1 Å². The molecule has 0 radical (unpaired) electrons. The first-order valence-electron chi connectivity index (χ1n) is 9.16. The number of fused-ring (bicyclic) bond motifs is 1. The maximum Gasteiger partial charge on any atom is 0.138 e. The summed E-state index contributed by atoms with van der Waals surface area (Å²) in [6, 6.07) is 0. The number of thiophene rings is 1. The van der Waals surface area contributed by atoms with Crippen LogP contribution < -0.4 is 11.1 Å². The fourth-order valence-electron chi connectivity index (χ4n) is 3.57. The van der Waals surface area contributed by atoms with Gasteiger partial charge in [0.2, 0.25) is 0 Å². The van der Waals surface area contributed by atoms with E-state index >= 15 is 0 Å². The van der Waals surface area contributed by atoms with Crippen LogP contribution in [0.4, 0.5) is 5.82 Å². The van der Waals surface area contributed by atoms with Crippen LogP contribution in [-0.4, -0.2) is 59.3 Å². The van der Waals surface area contributed by atoms with E-state index in [9.17, 15) is 0 Å². The molecule has 1 saturated heterocycles. The number of nitrogens with zero attached hydrogens (tertiary/aromatic N) is 3. The number of likely N-dealkylation sites (tertiary alicyclic amines) is 1. The standard InChI is InChI=1S/C18H29N5OS/c1-12-13(2)25-18-16(12)17(21-15(22-18)5-6-19)20-10-14-4-3-7-23(11-14)8-9-24/h14,24H,3-11,19H2,1-2H3,(H,20,21,22)/t14-/m0/s1. The molecule has 0 unspecified atom stereocenters. The van der Waals surface area contributed by atoms with Crippen LogP contribution in [0.25, 0.3) is 10.2 Å². The summed E-state index contributed by atoms with van der Waals surface area (Å²) >= 11 is 1.73. The van der Waals surface area contributed by atoms with Crippen molar-refractivity contribution in [1.82, 2.24) is 14.9 Å². The van der Waals surface area contributed by atoms with E-state index < -0.39 is 0 Å². The van der Waals surface area contributed by atoms with Crippen LogP contribution in [0.3, 0.4) is 0 Å². The van der Waals surface area contributed by atoms with Gasteiger partial charge in [-0.25, -0.2) is 9.97 Å². The van der Waals surface area contributed by atoms with E-state index in [1.165, 1.54) is 23.3 Å². The zero-order valence-corrected chi connectivity index (χ0v) is 16.0. The Bertz CT molecular complexity index is 715. The van der Waals surface area contributed by atoms with Gasteiger partial charge >= 0.3 is 0 Å². The van der Waals surface area contributed by atoms with Gasteiger partial charge in [-0.15, -0.1) is 11.3 Å². The minimum Gasteiger partial charge on any atom is -0.395 e. The number of rotatable bonds is 7. The van der Waals surface area contributed by atoms with Crippen LogP contribution in [0.5, 0.6) is 0 Å². The van der Waals surface area contributed by atoms with Crippen molar-refractivity contribution in [2.24, 2.45) is 11.7 Å². The Morgan fingerprint density at radius 3 is 2.96 bits per heavy atom. The summed E-state index contributed by atoms with van der Waals surface area (Å²) in [5.41, 5.74) is 6.97. The number of β-amino-alcohol motifs (C(OH)–C–C–N with tert-alkyl or cyclic N) is 1. The topological polar surface area (TPSA) is 87.3 Å². The third-order valence-corrected chi connectivity index (χ3v) is 6.12. The molecule has 4 N–H and O–H groups in total. The number of nitrogens with one attached hydrogen (secondary N) is 1. The first-order valence-corrected chi connectivity index (χ1v) is 9.97. The predicted octanol–water partition coefficient (Wildman–Crippen LogP) is 1.93. The molecular weight excluding hydrogens is 334 g/mol. The van der Waals surface area contributed by atoms with Crippen molar-refractivity contribution in [2.75, 3.05) is 44.6 Å². The molecule has 3 heterocycles. The van der Waals surface area contributed by atoms with Gasteiger partial charge in [0.1, 0.15) is 16.5 Å². The molecule has 0 spiro atoms. The number of hydrogen-bond acceptors (Lipinski definition) is 7. The monoisotopic (exact) mass is 363 g/mol. The maximum absolute atomic E-state index is 9.16. The van der Waals surface area contributed by atoms with Gasteiger partial charge in [0.25, 0.3) is 0 Å². The molecule has 1 aliphatic heterocycles. The first-order chi connectivity index (χ1) is 12.1. The van der Waals surface area contributed by atoms with Gasteiger partial charge in [-0.2, -0.15) is 0 Å². The highest BCUT2D eigenvalue weighted by Crippen LogP contribution is 2.33. The number of aliphatic hydroxyl groups excluding tert-OH is 1. The molecule has 1 aliphatic rings. The summed E-state index contributed by atoms with van der Waals surface area (Å²) in [6.07, 6.45) is 3.12. The Morgan fingerprint density at radius 2 is 2.20 bits per heavy atom. The summed E-state index contributed by atoms with van der Waals surface area (Å²) in [5, 5.41) is 13.9. The second-order valence-corrected chi connectivity index (χ2v) is 8.11. The number of aliphatic hydroxyl groups is 1. The normalized spacial score (nSPS) is 18.8. The van der Waals surface area contributed by atoms with Crippen molar-refractivity contribution in [3.63, 3.8) is 0 Å². The Labute approximate surface area is 153 Å². The molecule has 0 saturated carbocycles. The van der Waals surface area contributed by atoms with Crippen molar-refractivity contribution in [3.05, 3.63) is 16.3 Å². The lowest BCUT2D eigenvalue weighted by molar-refractivity contribution is 0.144. The average Bonchev–Trinajstić information content (AvgIpc) is 2.88. The third kappa shape index (κ3) is 4.28. The first kappa shape index (κ1) is 18.5. The largest absolute Gasteiger partial charge is 0.395 e. The molecule has 25 heavy (non-hydrogen) atoms.